The molecule has 1 atom stereocenters. The Morgan fingerprint density at radius 3 is 2.58 bits per heavy atom. The predicted octanol–water partition coefficient (Wildman–Crippen LogP) is 3.39. The van der Waals surface area contributed by atoms with Crippen LogP contribution in [0.15, 0.2) is 50.9 Å². The molecule has 19 heavy (non-hydrogen) atoms. The number of sulfone groups is 1. The summed E-state index contributed by atoms with van der Waals surface area (Å²) in [6.45, 7) is 0. The first-order chi connectivity index (χ1) is 8.93. The number of benzene rings is 1. The first-order valence-electron chi connectivity index (χ1n) is 5.55. The molecular formula is C12H12O4S3. The smallest absolute Gasteiger partial charge is 0.196 e. The first-order valence-corrected chi connectivity index (χ1v) is 9.69. The lowest BCUT2D eigenvalue weighted by Crippen LogP contribution is -2.14. The van der Waals surface area contributed by atoms with Gasteiger partial charge in [0.25, 0.3) is 0 Å². The topological polar surface area (TPSA) is 74.6 Å². The van der Waals surface area contributed by atoms with E-state index in [1.54, 1.807) is 41.8 Å². The predicted molar refractivity (Wildman–Crippen MR) is 76.7 cm³/mol. The number of hydrogen-bond acceptors (Lipinski definition) is 5. The van der Waals surface area contributed by atoms with Crippen molar-refractivity contribution in [3.63, 3.8) is 0 Å². The van der Waals surface area contributed by atoms with Crippen molar-refractivity contribution in [2.45, 2.75) is 14.4 Å². The molecule has 0 aliphatic carbocycles. The zero-order chi connectivity index (χ0) is 13.7. The monoisotopic (exact) mass is 316 g/mol. The van der Waals surface area contributed by atoms with Crippen LogP contribution >= 0.6 is 21.9 Å². The van der Waals surface area contributed by atoms with Crippen molar-refractivity contribution in [1.82, 2.24) is 0 Å². The summed E-state index contributed by atoms with van der Waals surface area (Å²) in [4.78, 5) is 0.361. The summed E-state index contributed by atoms with van der Waals surface area (Å²) in [5.74, 6) is -0.146. The third-order valence-electron chi connectivity index (χ3n) is 3.15. The number of fused-ring (bicyclic) bond motifs is 1. The van der Waals surface area contributed by atoms with Crippen molar-refractivity contribution in [3.8, 4) is 0 Å². The van der Waals surface area contributed by atoms with Crippen molar-refractivity contribution in [1.29, 1.82) is 0 Å². The highest BCUT2D eigenvalue weighted by atomic mass is 32.3. The fraction of sp³-hybridized carbons (Fsp3) is 0.167. The second-order valence-corrected chi connectivity index (χ2v) is 9.75. The highest BCUT2D eigenvalue weighted by Gasteiger charge is 2.43. The Labute approximate surface area is 117 Å². The lowest BCUT2D eigenvalue weighted by molar-refractivity contribution is 0.491. The fourth-order valence-electron chi connectivity index (χ4n) is 2.26. The average Bonchev–Trinajstić information content (AvgIpc) is 2.97. The molecule has 2 heterocycles. The normalized spacial score (nSPS) is 22.9. The maximum atomic E-state index is 12.5. The molecule has 0 amide bonds. The SMILES string of the molecule is O=S(=O)(c1cccs1)C1CS(O)(O)c2ccccc21. The van der Waals surface area contributed by atoms with Crippen LogP contribution in [-0.4, -0.2) is 23.3 Å². The quantitative estimate of drug-likeness (QED) is 0.890. The van der Waals surface area contributed by atoms with E-state index in [-0.39, 0.29) is 9.96 Å². The van der Waals surface area contributed by atoms with Gasteiger partial charge in [0, 0.05) is 0 Å². The molecule has 1 aliphatic rings. The van der Waals surface area contributed by atoms with Crippen LogP contribution in [-0.2, 0) is 9.84 Å². The van der Waals surface area contributed by atoms with Crippen LogP contribution in [0.1, 0.15) is 10.8 Å². The van der Waals surface area contributed by atoms with E-state index >= 15 is 0 Å². The molecule has 0 radical (unpaired) electrons. The first kappa shape index (κ1) is 13.1. The van der Waals surface area contributed by atoms with Gasteiger partial charge in [-0.15, -0.1) is 11.3 Å². The third-order valence-corrected chi connectivity index (χ3v) is 8.75. The van der Waals surface area contributed by atoms with E-state index in [1.807, 2.05) is 0 Å². The number of hydrogen-bond donors (Lipinski definition) is 2. The minimum atomic E-state index is -3.56. The molecule has 2 N–H and O–H groups in total. The standard InChI is InChI=1S/C12H12O4S3/c13-18(14)8-11(9-4-1-2-5-10(9)18)19(15,16)12-6-3-7-17-12/h1-7,11,13-14H,8H2. The molecule has 1 aromatic heterocycles. The average molecular weight is 316 g/mol. The Kier molecular flexibility index (Phi) is 2.99. The van der Waals surface area contributed by atoms with Crippen LogP contribution in [0, 0.1) is 0 Å². The van der Waals surface area contributed by atoms with Gasteiger partial charge in [-0.05, 0) is 23.1 Å². The van der Waals surface area contributed by atoms with E-state index in [4.69, 9.17) is 0 Å². The second-order valence-electron chi connectivity index (χ2n) is 4.34. The van der Waals surface area contributed by atoms with Crippen molar-refractivity contribution >= 4 is 31.8 Å². The Morgan fingerprint density at radius 1 is 1.16 bits per heavy atom. The van der Waals surface area contributed by atoms with Gasteiger partial charge in [-0.25, -0.2) is 8.42 Å². The van der Waals surface area contributed by atoms with Gasteiger partial charge in [-0.3, -0.25) is 9.11 Å². The molecule has 102 valence electrons. The molecule has 1 aromatic carbocycles. The van der Waals surface area contributed by atoms with E-state index in [2.05, 4.69) is 0 Å². The van der Waals surface area contributed by atoms with Crippen molar-refractivity contribution in [3.05, 3.63) is 47.3 Å². The minimum absolute atomic E-state index is 0.146. The van der Waals surface area contributed by atoms with Crippen molar-refractivity contribution in [2.75, 3.05) is 5.75 Å². The molecule has 2 aromatic rings. The molecule has 1 aliphatic heterocycles. The second kappa shape index (κ2) is 4.32. The largest absolute Gasteiger partial charge is 0.295 e. The third kappa shape index (κ3) is 2.02. The summed E-state index contributed by atoms with van der Waals surface area (Å²) in [5.41, 5.74) is 0.510. The summed E-state index contributed by atoms with van der Waals surface area (Å²) in [7, 11) is -6.56. The molecule has 1 unspecified atom stereocenters. The molecule has 0 saturated heterocycles. The molecule has 7 heteroatoms. The van der Waals surface area contributed by atoms with Crippen LogP contribution < -0.4 is 0 Å². The van der Waals surface area contributed by atoms with Crippen LogP contribution in [0.25, 0.3) is 0 Å². The van der Waals surface area contributed by atoms with E-state index in [1.165, 1.54) is 0 Å². The van der Waals surface area contributed by atoms with E-state index in [0.717, 1.165) is 11.3 Å². The van der Waals surface area contributed by atoms with Gasteiger partial charge < -0.3 is 0 Å². The highest BCUT2D eigenvalue weighted by molar-refractivity contribution is 8.25. The van der Waals surface area contributed by atoms with E-state index in [0.29, 0.717) is 10.5 Å². The van der Waals surface area contributed by atoms with Crippen LogP contribution in [0.3, 0.4) is 0 Å². The van der Waals surface area contributed by atoms with Gasteiger partial charge in [0.05, 0.1) is 10.6 Å². The van der Waals surface area contributed by atoms with Crippen molar-refractivity contribution in [2.24, 2.45) is 0 Å². The number of rotatable bonds is 2. The Bertz CT molecular complexity index is 704. The molecule has 4 nitrogen and oxygen atoms in total. The molecule has 0 spiro atoms. The van der Waals surface area contributed by atoms with Crippen molar-refractivity contribution < 1.29 is 17.5 Å². The Balaban J connectivity index is 2.15. The van der Waals surface area contributed by atoms with E-state index in [9.17, 15) is 17.5 Å². The lowest BCUT2D eigenvalue weighted by Gasteiger charge is -2.27. The van der Waals surface area contributed by atoms with Crippen LogP contribution in [0.5, 0.6) is 0 Å². The Morgan fingerprint density at radius 2 is 1.89 bits per heavy atom. The summed E-state index contributed by atoms with van der Waals surface area (Å²) < 4.78 is 45.5. The van der Waals surface area contributed by atoms with Crippen LogP contribution in [0.2, 0.25) is 0 Å². The summed E-state index contributed by atoms with van der Waals surface area (Å²) >= 11 is 1.15. The molecule has 3 rings (SSSR count). The summed E-state index contributed by atoms with van der Waals surface area (Å²) in [6.07, 6.45) is 0. The maximum Gasteiger partial charge on any atom is 0.196 e. The maximum absolute atomic E-state index is 12.5. The highest BCUT2D eigenvalue weighted by Crippen LogP contribution is 2.61. The van der Waals surface area contributed by atoms with Gasteiger partial charge in [-0.1, -0.05) is 24.3 Å². The molecule has 0 saturated carbocycles. The number of thiophene rings is 1. The Hall–Kier alpha value is -0.860. The lowest BCUT2D eigenvalue weighted by atomic mass is 10.2. The minimum Gasteiger partial charge on any atom is -0.295 e. The molecule has 0 bridgehead atoms. The van der Waals surface area contributed by atoms with Gasteiger partial charge >= 0.3 is 0 Å². The summed E-state index contributed by atoms with van der Waals surface area (Å²) in [6, 6.07) is 9.88. The van der Waals surface area contributed by atoms with E-state index < -0.39 is 25.7 Å². The zero-order valence-electron chi connectivity index (χ0n) is 9.76. The van der Waals surface area contributed by atoms with Gasteiger partial charge in [0.15, 0.2) is 9.84 Å². The fourth-order valence-corrected chi connectivity index (χ4v) is 7.87. The molecular weight excluding hydrogens is 304 g/mol. The zero-order valence-corrected chi connectivity index (χ0v) is 12.2. The summed E-state index contributed by atoms with van der Waals surface area (Å²) in [5, 5.41) is 0.832. The van der Waals surface area contributed by atoms with Gasteiger partial charge in [0.2, 0.25) is 0 Å². The van der Waals surface area contributed by atoms with Gasteiger partial charge in [0.1, 0.15) is 9.46 Å². The van der Waals surface area contributed by atoms with Crippen LogP contribution in [0.4, 0.5) is 0 Å². The molecule has 0 fully saturated rings. The van der Waals surface area contributed by atoms with Gasteiger partial charge in [-0.2, -0.15) is 10.6 Å².